The van der Waals surface area contributed by atoms with Crippen molar-refractivity contribution in [1.82, 2.24) is 0 Å². The molecule has 0 aromatic heterocycles. The van der Waals surface area contributed by atoms with E-state index < -0.39 is 5.79 Å². The lowest BCUT2D eigenvalue weighted by molar-refractivity contribution is -0.231. The van der Waals surface area contributed by atoms with Crippen molar-refractivity contribution in [3.05, 3.63) is 0 Å². The molecule has 0 aliphatic heterocycles. The van der Waals surface area contributed by atoms with Crippen molar-refractivity contribution in [1.29, 1.82) is 0 Å². The highest BCUT2D eigenvalue weighted by Crippen LogP contribution is 2.29. The SMILES string of the molecule is CCCCCCCCC(C(C)N)C(C)(OC)OC. The van der Waals surface area contributed by atoms with Crippen LogP contribution in [0, 0.1) is 5.92 Å². The minimum atomic E-state index is -0.558. The van der Waals surface area contributed by atoms with E-state index in [-0.39, 0.29) is 12.0 Å². The fourth-order valence-corrected chi connectivity index (χ4v) is 2.53. The summed E-state index contributed by atoms with van der Waals surface area (Å²) in [7, 11) is 3.39. The third kappa shape index (κ3) is 6.17. The van der Waals surface area contributed by atoms with Crippen molar-refractivity contribution in [3.8, 4) is 0 Å². The highest BCUT2D eigenvalue weighted by Gasteiger charge is 2.36. The van der Waals surface area contributed by atoms with Gasteiger partial charge in [-0.25, -0.2) is 0 Å². The second-order valence-electron chi connectivity index (χ2n) is 5.45. The van der Waals surface area contributed by atoms with Gasteiger partial charge in [0.15, 0.2) is 5.79 Å². The van der Waals surface area contributed by atoms with Gasteiger partial charge in [0.2, 0.25) is 0 Å². The van der Waals surface area contributed by atoms with Gasteiger partial charge in [-0.3, -0.25) is 0 Å². The molecule has 0 radical (unpaired) electrons. The van der Waals surface area contributed by atoms with Crippen molar-refractivity contribution in [2.75, 3.05) is 14.2 Å². The highest BCUT2D eigenvalue weighted by atomic mass is 16.7. The maximum atomic E-state index is 6.08. The van der Waals surface area contributed by atoms with Crippen LogP contribution in [0.5, 0.6) is 0 Å². The molecular formula is C15H33NO2. The Morgan fingerprint density at radius 1 is 1.00 bits per heavy atom. The van der Waals surface area contributed by atoms with Crippen LogP contribution in [0.4, 0.5) is 0 Å². The predicted molar refractivity (Wildman–Crippen MR) is 77.6 cm³/mol. The summed E-state index contributed by atoms with van der Waals surface area (Å²) in [5.74, 6) is -0.309. The Morgan fingerprint density at radius 2 is 1.50 bits per heavy atom. The summed E-state index contributed by atoms with van der Waals surface area (Å²) in [5, 5.41) is 0. The topological polar surface area (TPSA) is 44.5 Å². The summed E-state index contributed by atoms with van der Waals surface area (Å²) in [6.07, 6.45) is 8.90. The summed E-state index contributed by atoms with van der Waals surface area (Å²) in [4.78, 5) is 0. The van der Waals surface area contributed by atoms with Crippen LogP contribution in [-0.4, -0.2) is 26.0 Å². The molecule has 2 N–H and O–H groups in total. The molecule has 0 spiro atoms. The second kappa shape index (κ2) is 9.76. The van der Waals surface area contributed by atoms with Crippen LogP contribution in [0.1, 0.15) is 65.7 Å². The average Bonchev–Trinajstić information content (AvgIpc) is 2.36. The van der Waals surface area contributed by atoms with Crippen LogP contribution in [0.25, 0.3) is 0 Å². The summed E-state index contributed by atoms with van der Waals surface area (Å²) in [6.45, 7) is 6.27. The molecule has 3 nitrogen and oxygen atoms in total. The number of unbranched alkanes of at least 4 members (excludes halogenated alkanes) is 5. The molecular weight excluding hydrogens is 226 g/mol. The molecule has 2 unspecified atom stereocenters. The Labute approximate surface area is 113 Å². The lowest BCUT2D eigenvalue weighted by Gasteiger charge is -2.37. The third-order valence-electron chi connectivity index (χ3n) is 3.99. The molecule has 0 bridgehead atoms. The number of methoxy groups -OCH3 is 2. The first-order valence-corrected chi connectivity index (χ1v) is 7.37. The Morgan fingerprint density at radius 3 is 1.94 bits per heavy atom. The van der Waals surface area contributed by atoms with Gasteiger partial charge in [-0.15, -0.1) is 0 Å². The Balaban J connectivity index is 4.05. The predicted octanol–water partition coefficient (Wildman–Crippen LogP) is 3.71. The van der Waals surface area contributed by atoms with Crippen LogP contribution in [0.3, 0.4) is 0 Å². The molecule has 2 atom stereocenters. The molecule has 0 fully saturated rings. The van der Waals surface area contributed by atoms with Crippen LogP contribution in [-0.2, 0) is 9.47 Å². The van der Waals surface area contributed by atoms with E-state index in [2.05, 4.69) is 6.92 Å². The number of nitrogens with two attached hydrogens (primary N) is 1. The zero-order valence-electron chi connectivity index (χ0n) is 13.0. The molecule has 0 rings (SSSR count). The molecule has 0 saturated heterocycles. The second-order valence-corrected chi connectivity index (χ2v) is 5.45. The maximum absolute atomic E-state index is 6.08. The summed E-state index contributed by atoms with van der Waals surface area (Å²) in [5.41, 5.74) is 6.08. The fraction of sp³-hybridized carbons (Fsp3) is 1.00. The van der Waals surface area contributed by atoms with Crippen LogP contribution >= 0.6 is 0 Å². The van der Waals surface area contributed by atoms with Gasteiger partial charge in [0.05, 0.1) is 0 Å². The van der Waals surface area contributed by atoms with Gasteiger partial charge in [-0.1, -0.05) is 45.4 Å². The first-order valence-electron chi connectivity index (χ1n) is 7.37. The fourth-order valence-electron chi connectivity index (χ4n) is 2.53. The first-order chi connectivity index (χ1) is 8.51. The van der Waals surface area contributed by atoms with Gasteiger partial charge < -0.3 is 15.2 Å². The minimum Gasteiger partial charge on any atom is -0.353 e. The van der Waals surface area contributed by atoms with Crippen LogP contribution < -0.4 is 5.73 Å². The Bertz CT molecular complexity index is 191. The van der Waals surface area contributed by atoms with E-state index in [1.807, 2.05) is 13.8 Å². The van der Waals surface area contributed by atoms with Crippen molar-refractivity contribution in [2.45, 2.75) is 77.5 Å². The van der Waals surface area contributed by atoms with Crippen molar-refractivity contribution < 1.29 is 9.47 Å². The summed E-state index contributed by atoms with van der Waals surface area (Å²) >= 11 is 0. The van der Waals surface area contributed by atoms with Gasteiger partial charge in [-0.05, 0) is 20.3 Å². The van der Waals surface area contributed by atoms with Gasteiger partial charge in [0.1, 0.15) is 0 Å². The van der Waals surface area contributed by atoms with E-state index in [1.165, 1.54) is 38.5 Å². The minimum absolute atomic E-state index is 0.0885. The molecule has 0 heterocycles. The number of hydrogen-bond donors (Lipinski definition) is 1. The summed E-state index contributed by atoms with van der Waals surface area (Å²) in [6, 6.07) is 0.0885. The number of hydrogen-bond acceptors (Lipinski definition) is 3. The molecule has 0 aromatic carbocycles. The largest absolute Gasteiger partial charge is 0.353 e. The van der Waals surface area contributed by atoms with E-state index in [9.17, 15) is 0 Å². The molecule has 0 aliphatic carbocycles. The van der Waals surface area contributed by atoms with Crippen molar-refractivity contribution in [2.24, 2.45) is 11.7 Å². The molecule has 0 amide bonds. The summed E-state index contributed by atoms with van der Waals surface area (Å²) < 4.78 is 11.0. The lowest BCUT2D eigenvalue weighted by atomic mass is 9.87. The van der Waals surface area contributed by atoms with Crippen LogP contribution in [0.15, 0.2) is 0 Å². The highest BCUT2D eigenvalue weighted by molar-refractivity contribution is 4.81. The smallest absolute Gasteiger partial charge is 0.168 e. The van der Waals surface area contributed by atoms with E-state index >= 15 is 0 Å². The zero-order chi connectivity index (χ0) is 14.0. The monoisotopic (exact) mass is 259 g/mol. The van der Waals surface area contributed by atoms with Gasteiger partial charge >= 0.3 is 0 Å². The molecule has 110 valence electrons. The van der Waals surface area contributed by atoms with E-state index in [4.69, 9.17) is 15.2 Å². The normalized spacial score (nSPS) is 15.7. The van der Waals surface area contributed by atoms with Gasteiger partial charge in [0.25, 0.3) is 0 Å². The van der Waals surface area contributed by atoms with E-state index in [0.717, 1.165) is 6.42 Å². The van der Waals surface area contributed by atoms with Crippen molar-refractivity contribution in [3.63, 3.8) is 0 Å². The zero-order valence-corrected chi connectivity index (χ0v) is 13.0. The standard InChI is InChI=1S/C15H33NO2/c1-6-7-8-9-10-11-12-14(13(2)16)15(3,17-4)18-5/h13-14H,6-12,16H2,1-5H3. The van der Waals surface area contributed by atoms with E-state index in [0.29, 0.717) is 0 Å². The van der Waals surface area contributed by atoms with Crippen molar-refractivity contribution >= 4 is 0 Å². The molecule has 0 aliphatic rings. The number of ether oxygens (including phenoxy) is 2. The number of rotatable bonds is 11. The van der Waals surface area contributed by atoms with Gasteiger partial charge in [0, 0.05) is 26.2 Å². The quantitative estimate of drug-likeness (QED) is 0.454. The average molecular weight is 259 g/mol. The first kappa shape index (κ1) is 17.9. The Hall–Kier alpha value is -0.120. The van der Waals surface area contributed by atoms with E-state index in [1.54, 1.807) is 14.2 Å². The maximum Gasteiger partial charge on any atom is 0.168 e. The van der Waals surface area contributed by atoms with Crippen LogP contribution in [0.2, 0.25) is 0 Å². The third-order valence-corrected chi connectivity index (χ3v) is 3.99. The lowest BCUT2D eigenvalue weighted by Crippen LogP contribution is -2.47. The molecule has 18 heavy (non-hydrogen) atoms. The molecule has 0 saturated carbocycles. The van der Waals surface area contributed by atoms with Gasteiger partial charge in [-0.2, -0.15) is 0 Å². The molecule has 0 aromatic rings. The Kier molecular flexibility index (Phi) is 9.70. The molecule has 3 heteroatoms.